The summed E-state index contributed by atoms with van der Waals surface area (Å²) < 4.78 is 0. The van der Waals surface area contributed by atoms with Crippen molar-refractivity contribution in [2.45, 2.75) is 0 Å². The largest absolute Gasteiger partial charge is 1.00 e. The predicted octanol–water partition coefficient (Wildman–Crippen LogP) is -2.75. The molecule has 0 saturated carbocycles. The minimum atomic E-state index is -1.26. The van der Waals surface area contributed by atoms with Crippen LogP contribution in [0.25, 0.3) is 0 Å². The topological polar surface area (TPSA) is 113 Å². The molecular weight excluding hydrogens is 269 g/mol. The number of hydrogen-bond donors (Lipinski definition) is 3. The van der Waals surface area contributed by atoms with Gasteiger partial charge in [-0.05, 0) is 12.1 Å². The van der Waals surface area contributed by atoms with Crippen molar-refractivity contribution in [1.82, 2.24) is 5.48 Å². The monoisotopic (exact) mass is 279 g/mol. The number of hydroxylamine groups is 1. The Hall–Kier alpha value is -0.774. The predicted molar refractivity (Wildman–Crippen MR) is 55.6 cm³/mol. The Morgan fingerprint density at radius 1 is 1.17 bits per heavy atom. The molecule has 0 bridgehead atoms. The number of carbonyl (C=O) groups excluding carboxylic acids is 1. The summed E-state index contributed by atoms with van der Waals surface area (Å²) in [7, 11) is 0. The average molecular weight is 279 g/mol. The number of amides is 1. The van der Waals surface area contributed by atoms with Crippen LogP contribution in [-0.4, -0.2) is 34.7 Å². The van der Waals surface area contributed by atoms with E-state index < -0.39 is 24.5 Å². The molecule has 0 fully saturated rings. The molecule has 0 aromatic heterocycles. The van der Waals surface area contributed by atoms with Crippen molar-refractivity contribution in [1.29, 1.82) is 0 Å². The van der Waals surface area contributed by atoms with Crippen molar-refractivity contribution >= 4 is 17.8 Å². The molecule has 0 unspecified atom stereocenters. The molecular formula is C10H10KNO6. The molecule has 92 valence electrons. The molecule has 1 aromatic carbocycles. The maximum atomic E-state index is 11.5. The minimum Gasteiger partial charge on any atom is -1.00 e. The van der Waals surface area contributed by atoms with E-state index in [0.29, 0.717) is 0 Å². The number of carboxylic acids is 2. The van der Waals surface area contributed by atoms with E-state index in [0.717, 1.165) is 0 Å². The standard InChI is InChI=1S/C10H9NO6.K.H/c12-8(13)5-17-11-9(14)6-3-1-2-4-7(6)10(15)16;;/h1-4H,5H2,(H,11,14)(H,12,13)(H,15,16);;/q;+1;-1. The first-order valence-corrected chi connectivity index (χ1v) is 4.48. The first-order chi connectivity index (χ1) is 8.02. The molecule has 18 heavy (non-hydrogen) atoms. The summed E-state index contributed by atoms with van der Waals surface area (Å²) >= 11 is 0. The van der Waals surface area contributed by atoms with E-state index in [-0.39, 0.29) is 63.9 Å². The van der Waals surface area contributed by atoms with E-state index in [1.54, 1.807) is 0 Å². The maximum Gasteiger partial charge on any atom is 1.00 e. The van der Waals surface area contributed by atoms with Crippen LogP contribution in [0, 0.1) is 0 Å². The van der Waals surface area contributed by atoms with Crippen LogP contribution in [0.15, 0.2) is 24.3 Å². The maximum absolute atomic E-state index is 11.5. The molecule has 0 atom stereocenters. The quantitative estimate of drug-likeness (QED) is 0.398. The van der Waals surface area contributed by atoms with Gasteiger partial charge in [0.25, 0.3) is 5.91 Å². The van der Waals surface area contributed by atoms with Gasteiger partial charge in [0.15, 0.2) is 6.61 Å². The number of rotatable bonds is 5. The molecule has 7 nitrogen and oxygen atoms in total. The van der Waals surface area contributed by atoms with Crippen molar-refractivity contribution < 1.29 is 82.2 Å². The van der Waals surface area contributed by atoms with Gasteiger partial charge in [-0.25, -0.2) is 15.1 Å². The molecule has 0 aliphatic rings. The minimum absolute atomic E-state index is 0. The SMILES string of the molecule is O=C(O)CONC(=O)c1ccccc1C(=O)O.[H-].[K+]. The number of carbonyl (C=O) groups is 3. The first kappa shape index (κ1) is 17.2. The first-order valence-electron chi connectivity index (χ1n) is 4.48. The molecule has 1 rings (SSSR count). The van der Waals surface area contributed by atoms with Gasteiger partial charge in [-0.1, -0.05) is 12.1 Å². The summed E-state index contributed by atoms with van der Waals surface area (Å²) in [4.78, 5) is 36.7. The third-order valence-electron chi connectivity index (χ3n) is 1.76. The Labute approximate surface area is 146 Å². The van der Waals surface area contributed by atoms with Crippen molar-refractivity contribution in [2.24, 2.45) is 0 Å². The second-order valence-corrected chi connectivity index (χ2v) is 2.96. The van der Waals surface area contributed by atoms with E-state index in [9.17, 15) is 14.4 Å². The number of hydrogen-bond acceptors (Lipinski definition) is 4. The molecule has 3 N–H and O–H groups in total. The molecule has 0 saturated heterocycles. The molecule has 0 radical (unpaired) electrons. The van der Waals surface area contributed by atoms with Gasteiger partial charge in [-0.2, -0.15) is 0 Å². The van der Waals surface area contributed by atoms with E-state index in [2.05, 4.69) is 4.84 Å². The number of carboxylic acid groups (broad SMARTS) is 2. The van der Waals surface area contributed by atoms with Gasteiger partial charge in [0, 0.05) is 0 Å². The number of aliphatic carboxylic acids is 1. The average Bonchev–Trinajstić information content (AvgIpc) is 2.28. The van der Waals surface area contributed by atoms with E-state index in [1.807, 2.05) is 5.48 Å². The van der Waals surface area contributed by atoms with Crippen LogP contribution < -0.4 is 56.9 Å². The molecule has 0 spiro atoms. The van der Waals surface area contributed by atoms with E-state index in [4.69, 9.17) is 10.2 Å². The van der Waals surface area contributed by atoms with E-state index >= 15 is 0 Å². The number of benzene rings is 1. The van der Waals surface area contributed by atoms with Crippen molar-refractivity contribution in [2.75, 3.05) is 6.61 Å². The molecule has 0 heterocycles. The second-order valence-electron chi connectivity index (χ2n) is 2.96. The third-order valence-corrected chi connectivity index (χ3v) is 1.76. The summed E-state index contributed by atoms with van der Waals surface area (Å²) in [5.41, 5.74) is 1.55. The number of nitrogens with one attached hydrogen (secondary N) is 1. The zero-order chi connectivity index (χ0) is 12.8. The fraction of sp³-hybridized carbons (Fsp3) is 0.100. The fourth-order valence-corrected chi connectivity index (χ4v) is 1.09. The van der Waals surface area contributed by atoms with Crippen LogP contribution in [0.2, 0.25) is 0 Å². The van der Waals surface area contributed by atoms with Crippen LogP contribution >= 0.6 is 0 Å². The van der Waals surface area contributed by atoms with Gasteiger partial charge in [0.1, 0.15) is 0 Å². The van der Waals surface area contributed by atoms with Crippen LogP contribution in [0.1, 0.15) is 22.1 Å². The van der Waals surface area contributed by atoms with Gasteiger partial charge >= 0.3 is 63.3 Å². The zero-order valence-electron chi connectivity index (χ0n) is 10.5. The third kappa shape index (κ3) is 5.25. The van der Waals surface area contributed by atoms with Crippen molar-refractivity contribution in [3.8, 4) is 0 Å². The smallest absolute Gasteiger partial charge is 1.00 e. The van der Waals surface area contributed by atoms with Gasteiger partial charge < -0.3 is 11.6 Å². The Morgan fingerprint density at radius 2 is 1.72 bits per heavy atom. The van der Waals surface area contributed by atoms with Crippen molar-refractivity contribution in [3.63, 3.8) is 0 Å². The fourth-order valence-electron chi connectivity index (χ4n) is 1.09. The summed E-state index contributed by atoms with van der Waals surface area (Å²) in [6, 6.07) is 5.51. The van der Waals surface area contributed by atoms with E-state index in [1.165, 1.54) is 24.3 Å². The Morgan fingerprint density at radius 3 is 2.22 bits per heavy atom. The van der Waals surface area contributed by atoms with Gasteiger partial charge in [0.2, 0.25) is 0 Å². The molecule has 8 heteroatoms. The van der Waals surface area contributed by atoms with Crippen LogP contribution in [0.3, 0.4) is 0 Å². The molecule has 0 aliphatic heterocycles. The second kappa shape index (κ2) is 8.35. The Kier molecular flexibility index (Phi) is 7.99. The molecule has 1 amide bonds. The normalized spacial score (nSPS) is 9.11. The van der Waals surface area contributed by atoms with Crippen LogP contribution in [0.4, 0.5) is 0 Å². The van der Waals surface area contributed by atoms with Gasteiger partial charge in [-0.3, -0.25) is 9.63 Å². The number of aromatic carboxylic acids is 1. The van der Waals surface area contributed by atoms with Crippen molar-refractivity contribution in [3.05, 3.63) is 35.4 Å². The zero-order valence-corrected chi connectivity index (χ0v) is 12.7. The molecule has 1 aromatic rings. The molecule has 0 aliphatic carbocycles. The summed E-state index contributed by atoms with van der Waals surface area (Å²) in [5.74, 6) is -3.32. The van der Waals surface area contributed by atoms with Crippen LogP contribution in [-0.2, 0) is 9.63 Å². The Bertz CT molecular complexity index is 467. The summed E-state index contributed by atoms with van der Waals surface area (Å²) in [6.45, 7) is -0.707. The van der Waals surface area contributed by atoms with Gasteiger partial charge in [-0.15, -0.1) is 0 Å². The Balaban J connectivity index is 0. The van der Waals surface area contributed by atoms with Gasteiger partial charge in [0.05, 0.1) is 11.1 Å². The van der Waals surface area contributed by atoms with Crippen LogP contribution in [0.5, 0.6) is 0 Å². The summed E-state index contributed by atoms with van der Waals surface area (Å²) in [6.07, 6.45) is 0. The summed E-state index contributed by atoms with van der Waals surface area (Å²) in [5, 5.41) is 17.1.